The van der Waals surface area contributed by atoms with Gasteiger partial charge in [0.1, 0.15) is 0 Å². The second-order valence-electron chi connectivity index (χ2n) is 7.61. The Kier molecular flexibility index (Phi) is 4.55. The lowest BCUT2D eigenvalue weighted by atomic mass is 9.70. The lowest BCUT2D eigenvalue weighted by molar-refractivity contribution is -0.143. The summed E-state index contributed by atoms with van der Waals surface area (Å²) < 4.78 is 6.26. The summed E-state index contributed by atoms with van der Waals surface area (Å²) in [7, 11) is 1.94. The van der Waals surface area contributed by atoms with Crippen molar-refractivity contribution in [1.82, 2.24) is 10.2 Å². The Bertz CT molecular complexity index is 385. The highest BCUT2D eigenvalue weighted by Crippen LogP contribution is 2.41. The molecule has 0 saturated carbocycles. The Morgan fingerprint density at radius 3 is 2.90 bits per heavy atom. The summed E-state index contributed by atoms with van der Waals surface area (Å²) in [6.45, 7) is 7.17. The van der Waals surface area contributed by atoms with Crippen molar-refractivity contribution in [1.29, 1.82) is 0 Å². The first-order chi connectivity index (χ1) is 10.1. The Hall–Kier alpha value is -0.610. The highest BCUT2D eigenvalue weighted by Gasteiger charge is 2.47. The minimum absolute atomic E-state index is 0.0910. The number of hydrogen-bond acceptors (Lipinski definition) is 3. The number of fused-ring (bicyclic) bond motifs is 3. The Morgan fingerprint density at radius 2 is 2.14 bits per heavy atom. The zero-order valence-corrected chi connectivity index (χ0v) is 13.7. The van der Waals surface area contributed by atoms with Crippen molar-refractivity contribution < 1.29 is 9.53 Å². The van der Waals surface area contributed by atoms with E-state index in [1.165, 1.54) is 12.8 Å². The fourth-order valence-corrected chi connectivity index (χ4v) is 4.66. The number of hydrogen-bond donors (Lipinski definition) is 1. The van der Waals surface area contributed by atoms with Gasteiger partial charge in [-0.3, -0.25) is 4.79 Å². The van der Waals surface area contributed by atoms with E-state index in [-0.39, 0.29) is 12.0 Å². The smallest absolute Gasteiger partial charge is 0.228 e. The van der Waals surface area contributed by atoms with Crippen LogP contribution in [0.4, 0.5) is 0 Å². The van der Waals surface area contributed by atoms with Gasteiger partial charge in [0.25, 0.3) is 0 Å². The highest BCUT2D eigenvalue weighted by molar-refractivity contribution is 5.80. The maximum Gasteiger partial charge on any atom is 0.228 e. The molecule has 0 aliphatic carbocycles. The van der Waals surface area contributed by atoms with E-state index in [9.17, 15) is 4.79 Å². The number of carbonyl (C=O) groups excluding carboxylic acids is 1. The van der Waals surface area contributed by atoms with Crippen molar-refractivity contribution in [3.05, 3.63) is 0 Å². The predicted molar refractivity (Wildman–Crippen MR) is 82.9 cm³/mol. The van der Waals surface area contributed by atoms with Gasteiger partial charge in [0, 0.05) is 19.6 Å². The van der Waals surface area contributed by atoms with E-state index in [4.69, 9.17) is 4.74 Å². The molecule has 120 valence electrons. The molecule has 0 aromatic rings. The van der Waals surface area contributed by atoms with Gasteiger partial charge in [-0.2, -0.15) is 0 Å². The first-order valence-electron chi connectivity index (χ1n) is 8.68. The van der Waals surface area contributed by atoms with Crippen molar-refractivity contribution in [2.24, 2.45) is 23.7 Å². The van der Waals surface area contributed by atoms with Crippen molar-refractivity contribution in [2.75, 3.05) is 26.7 Å². The van der Waals surface area contributed by atoms with Gasteiger partial charge >= 0.3 is 0 Å². The van der Waals surface area contributed by atoms with Crippen LogP contribution in [0.1, 0.15) is 39.5 Å². The van der Waals surface area contributed by atoms with Crippen molar-refractivity contribution in [3.8, 4) is 0 Å². The summed E-state index contributed by atoms with van der Waals surface area (Å²) in [6.07, 6.45) is 5.01. The van der Waals surface area contributed by atoms with Gasteiger partial charge in [0.2, 0.25) is 5.91 Å². The summed E-state index contributed by atoms with van der Waals surface area (Å²) in [5.41, 5.74) is 0. The third kappa shape index (κ3) is 2.98. The van der Waals surface area contributed by atoms with Crippen LogP contribution in [0.5, 0.6) is 0 Å². The van der Waals surface area contributed by atoms with Crippen LogP contribution in [0.2, 0.25) is 0 Å². The fourth-order valence-electron chi connectivity index (χ4n) is 4.66. The van der Waals surface area contributed by atoms with Gasteiger partial charge in [0.05, 0.1) is 18.6 Å². The van der Waals surface area contributed by atoms with E-state index >= 15 is 0 Å². The molecule has 0 aromatic heterocycles. The van der Waals surface area contributed by atoms with Gasteiger partial charge in [-0.25, -0.2) is 0 Å². The number of piperidine rings is 2. The molecule has 0 radical (unpaired) electrons. The molecule has 0 bridgehead atoms. The largest absolute Gasteiger partial charge is 0.376 e. The monoisotopic (exact) mass is 294 g/mol. The Balaban J connectivity index is 1.83. The summed E-state index contributed by atoms with van der Waals surface area (Å²) in [4.78, 5) is 14.4. The minimum Gasteiger partial charge on any atom is -0.376 e. The van der Waals surface area contributed by atoms with Crippen LogP contribution in [0, 0.1) is 23.7 Å². The quantitative estimate of drug-likeness (QED) is 0.845. The number of carbonyl (C=O) groups is 1. The van der Waals surface area contributed by atoms with E-state index in [1.54, 1.807) is 0 Å². The molecule has 1 amide bonds. The minimum atomic E-state index is 0.0910. The van der Waals surface area contributed by atoms with E-state index < -0.39 is 0 Å². The summed E-state index contributed by atoms with van der Waals surface area (Å²) in [5, 5.41) is 3.73. The first kappa shape index (κ1) is 15.3. The van der Waals surface area contributed by atoms with E-state index in [0.717, 1.165) is 25.9 Å². The third-order valence-electron chi connectivity index (χ3n) is 5.71. The number of rotatable bonds is 2. The third-order valence-corrected chi connectivity index (χ3v) is 5.71. The van der Waals surface area contributed by atoms with Crippen LogP contribution >= 0.6 is 0 Å². The van der Waals surface area contributed by atoms with Gasteiger partial charge in [0.15, 0.2) is 0 Å². The molecule has 3 fully saturated rings. The number of nitrogens with one attached hydrogen (secondary N) is 1. The van der Waals surface area contributed by atoms with Crippen molar-refractivity contribution in [3.63, 3.8) is 0 Å². The molecule has 0 spiro atoms. The fraction of sp³-hybridized carbons (Fsp3) is 0.941. The molecule has 3 aliphatic heterocycles. The molecule has 0 aromatic carbocycles. The molecule has 1 unspecified atom stereocenters. The average Bonchev–Trinajstić information content (AvgIpc) is 2.61. The Morgan fingerprint density at radius 1 is 1.33 bits per heavy atom. The molecule has 21 heavy (non-hydrogen) atoms. The molecular weight excluding hydrogens is 264 g/mol. The lowest BCUT2D eigenvalue weighted by Gasteiger charge is -2.43. The molecule has 5 atom stereocenters. The zero-order chi connectivity index (χ0) is 15.0. The van der Waals surface area contributed by atoms with Crippen LogP contribution in [0.25, 0.3) is 0 Å². The topological polar surface area (TPSA) is 41.6 Å². The van der Waals surface area contributed by atoms with E-state index in [1.807, 2.05) is 11.9 Å². The van der Waals surface area contributed by atoms with Gasteiger partial charge in [-0.05, 0) is 50.0 Å². The van der Waals surface area contributed by atoms with Gasteiger partial charge < -0.3 is 15.0 Å². The van der Waals surface area contributed by atoms with Crippen LogP contribution in [-0.4, -0.2) is 49.7 Å². The zero-order valence-electron chi connectivity index (χ0n) is 13.7. The maximum atomic E-state index is 12.5. The summed E-state index contributed by atoms with van der Waals surface area (Å²) in [6, 6.07) is 0.451. The molecule has 3 aliphatic rings. The van der Waals surface area contributed by atoms with Crippen molar-refractivity contribution >= 4 is 5.91 Å². The number of amides is 1. The summed E-state index contributed by atoms with van der Waals surface area (Å²) >= 11 is 0. The average molecular weight is 294 g/mol. The number of ether oxygens (including phenoxy) is 1. The number of nitrogens with zero attached hydrogens (tertiary/aromatic N) is 1. The standard InChI is InChI=1S/C17H30N2O2/c1-11(2)9-15-16-13(5-4-7-18-16)12-6-8-19(3)17(20)14(12)10-21-15/h11-16,18H,4-10H2,1-3H3/t12-,13+,14+,15-,16?/m1/s1. The SMILES string of the molecule is CC(C)C[C@H]1OC[C@@H]2C(=O)N(C)CC[C@@H]2[C@@H]2CCCNC21. The van der Waals surface area contributed by atoms with Crippen LogP contribution in [0.15, 0.2) is 0 Å². The van der Waals surface area contributed by atoms with E-state index in [0.29, 0.717) is 36.3 Å². The van der Waals surface area contributed by atoms with Crippen molar-refractivity contribution in [2.45, 2.75) is 51.7 Å². The molecule has 3 heterocycles. The van der Waals surface area contributed by atoms with Crippen LogP contribution < -0.4 is 5.32 Å². The second-order valence-corrected chi connectivity index (χ2v) is 7.61. The summed E-state index contributed by atoms with van der Waals surface area (Å²) in [5.74, 6) is 2.17. The molecular formula is C17H30N2O2. The lowest BCUT2D eigenvalue weighted by Crippen LogP contribution is -2.53. The van der Waals surface area contributed by atoms with Gasteiger partial charge in [-0.1, -0.05) is 13.8 Å². The number of likely N-dealkylation sites (tertiary alicyclic amines) is 1. The highest BCUT2D eigenvalue weighted by atomic mass is 16.5. The molecule has 4 heteroatoms. The molecule has 1 N–H and O–H groups in total. The predicted octanol–water partition coefficient (Wildman–Crippen LogP) is 1.89. The molecule has 4 nitrogen and oxygen atoms in total. The van der Waals surface area contributed by atoms with Crippen LogP contribution in [-0.2, 0) is 9.53 Å². The Labute approximate surface area is 128 Å². The van der Waals surface area contributed by atoms with E-state index in [2.05, 4.69) is 19.2 Å². The maximum absolute atomic E-state index is 12.5. The normalized spacial score (nSPS) is 40.7. The molecule has 3 saturated heterocycles. The van der Waals surface area contributed by atoms with Gasteiger partial charge in [-0.15, -0.1) is 0 Å². The molecule has 3 rings (SSSR count). The first-order valence-corrected chi connectivity index (χ1v) is 8.68. The second kappa shape index (κ2) is 6.25. The van der Waals surface area contributed by atoms with Crippen LogP contribution in [0.3, 0.4) is 0 Å².